The van der Waals surface area contributed by atoms with Gasteiger partial charge in [-0.25, -0.2) is 9.97 Å². The molecule has 0 unspecified atom stereocenters. The SMILES string of the molecule is Clc1nccc(-c2c[nH]c3c(Br)cccc23)n1. The molecule has 5 heteroatoms. The normalized spacial score (nSPS) is 10.9. The van der Waals surface area contributed by atoms with Crippen molar-refractivity contribution >= 4 is 38.4 Å². The lowest BCUT2D eigenvalue weighted by atomic mass is 10.1. The fourth-order valence-electron chi connectivity index (χ4n) is 1.81. The highest BCUT2D eigenvalue weighted by Crippen LogP contribution is 2.31. The Morgan fingerprint density at radius 2 is 2.12 bits per heavy atom. The number of halogens is 2. The predicted molar refractivity (Wildman–Crippen MR) is 72.0 cm³/mol. The summed E-state index contributed by atoms with van der Waals surface area (Å²) in [6.07, 6.45) is 3.58. The summed E-state index contributed by atoms with van der Waals surface area (Å²) in [5.74, 6) is 0. The smallest absolute Gasteiger partial charge is 0.222 e. The molecule has 0 aliphatic heterocycles. The van der Waals surface area contributed by atoms with Gasteiger partial charge < -0.3 is 4.98 Å². The topological polar surface area (TPSA) is 41.6 Å². The van der Waals surface area contributed by atoms with Crippen molar-refractivity contribution in [1.82, 2.24) is 15.0 Å². The number of aromatic nitrogens is 3. The number of nitrogens with one attached hydrogen (secondary N) is 1. The molecule has 0 radical (unpaired) electrons. The van der Waals surface area contributed by atoms with Crippen LogP contribution in [0.15, 0.2) is 41.1 Å². The van der Waals surface area contributed by atoms with Crippen LogP contribution in [0.1, 0.15) is 0 Å². The van der Waals surface area contributed by atoms with Crippen molar-refractivity contribution in [3.8, 4) is 11.3 Å². The van der Waals surface area contributed by atoms with Gasteiger partial charge >= 0.3 is 0 Å². The summed E-state index contributed by atoms with van der Waals surface area (Å²) in [6, 6.07) is 7.87. The number of hydrogen-bond acceptors (Lipinski definition) is 2. The van der Waals surface area contributed by atoms with E-state index in [0.717, 1.165) is 26.6 Å². The standard InChI is InChI=1S/C12H7BrClN3/c13-9-3-1-2-7-8(6-16-11(7)9)10-4-5-15-12(14)17-10/h1-6,16H. The molecule has 2 aromatic heterocycles. The first-order valence-corrected chi connectivity index (χ1v) is 6.17. The summed E-state index contributed by atoms with van der Waals surface area (Å²) >= 11 is 9.31. The van der Waals surface area contributed by atoms with Gasteiger partial charge in [-0.1, -0.05) is 12.1 Å². The van der Waals surface area contributed by atoms with Gasteiger partial charge in [0.15, 0.2) is 0 Å². The Balaban J connectivity index is 2.28. The lowest BCUT2D eigenvalue weighted by Gasteiger charge is -1.99. The van der Waals surface area contributed by atoms with Crippen molar-refractivity contribution in [2.45, 2.75) is 0 Å². The van der Waals surface area contributed by atoms with E-state index in [1.165, 1.54) is 0 Å². The van der Waals surface area contributed by atoms with Crippen LogP contribution in [0.4, 0.5) is 0 Å². The van der Waals surface area contributed by atoms with Crippen molar-refractivity contribution in [2.75, 3.05) is 0 Å². The highest BCUT2D eigenvalue weighted by atomic mass is 79.9. The molecule has 0 saturated heterocycles. The van der Waals surface area contributed by atoms with E-state index in [9.17, 15) is 0 Å². The fraction of sp³-hybridized carbons (Fsp3) is 0. The zero-order valence-electron chi connectivity index (χ0n) is 8.61. The summed E-state index contributed by atoms with van der Waals surface area (Å²) in [6.45, 7) is 0. The van der Waals surface area contributed by atoms with E-state index in [-0.39, 0.29) is 5.28 Å². The van der Waals surface area contributed by atoms with Crippen LogP contribution >= 0.6 is 27.5 Å². The molecular weight excluding hydrogens is 302 g/mol. The zero-order chi connectivity index (χ0) is 11.8. The van der Waals surface area contributed by atoms with E-state index < -0.39 is 0 Å². The minimum absolute atomic E-state index is 0.256. The second-order valence-corrected chi connectivity index (χ2v) is 4.77. The van der Waals surface area contributed by atoms with Crippen molar-refractivity contribution in [3.63, 3.8) is 0 Å². The number of benzene rings is 1. The molecule has 1 aromatic carbocycles. The molecule has 0 atom stereocenters. The number of rotatable bonds is 1. The first-order valence-electron chi connectivity index (χ1n) is 5.00. The van der Waals surface area contributed by atoms with Gasteiger partial charge in [0.25, 0.3) is 0 Å². The maximum atomic E-state index is 5.80. The maximum Gasteiger partial charge on any atom is 0.222 e. The molecule has 0 amide bonds. The molecule has 0 fully saturated rings. The first kappa shape index (κ1) is 10.7. The number of aromatic amines is 1. The lowest BCUT2D eigenvalue weighted by molar-refractivity contribution is 1.17. The molecule has 3 nitrogen and oxygen atoms in total. The highest BCUT2D eigenvalue weighted by molar-refractivity contribution is 9.10. The molecule has 3 aromatic rings. The summed E-state index contributed by atoms with van der Waals surface area (Å²) in [7, 11) is 0. The minimum Gasteiger partial charge on any atom is -0.360 e. The number of para-hydroxylation sites is 1. The van der Waals surface area contributed by atoms with Crippen molar-refractivity contribution < 1.29 is 0 Å². The third kappa shape index (κ3) is 1.83. The average molecular weight is 309 g/mol. The van der Waals surface area contributed by atoms with Crippen LogP contribution in [0.2, 0.25) is 5.28 Å². The van der Waals surface area contributed by atoms with Crippen LogP contribution in [0.5, 0.6) is 0 Å². The van der Waals surface area contributed by atoms with E-state index in [0.29, 0.717) is 0 Å². The molecule has 0 spiro atoms. The number of H-pyrrole nitrogens is 1. The van der Waals surface area contributed by atoms with Crippen molar-refractivity contribution in [2.24, 2.45) is 0 Å². The highest BCUT2D eigenvalue weighted by Gasteiger charge is 2.09. The quantitative estimate of drug-likeness (QED) is 0.689. The zero-order valence-corrected chi connectivity index (χ0v) is 11.0. The van der Waals surface area contributed by atoms with Crippen LogP contribution in [-0.4, -0.2) is 15.0 Å². The Bertz CT molecular complexity index is 693. The Morgan fingerprint density at radius 3 is 2.94 bits per heavy atom. The van der Waals surface area contributed by atoms with Crippen molar-refractivity contribution in [3.05, 3.63) is 46.4 Å². The molecule has 0 aliphatic carbocycles. The Labute approximate surface area is 111 Å². The van der Waals surface area contributed by atoms with Crippen LogP contribution < -0.4 is 0 Å². The molecular formula is C12H7BrClN3. The average Bonchev–Trinajstić information content (AvgIpc) is 2.74. The van der Waals surface area contributed by atoms with Gasteiger partial charge in [-0.15, -0.1) is 0 Å². The Hall–Kier alpha value is -1.39. The fourth-order valence-corrected chi connectivity index (χ4v) is 2.44. The van der Waals surface area contributed by atoms with Crippen LogP contribution in [0.25, 0.3) is 22.2 Å². The Kier molecular flexibility index (Phi) is 2.61. The first-order chi connectivity index (χ1) is 8.25. The van der Waals surface area contributed by atoms with E-state index in [4.69, 9.17) is 11.6 Å². The number of nitrogens with zero attached hydrogens (tertiary/aromatic N) is 2. The summed E-state index contributed by atoms with van der Waals surface area (Å²) in [5.41, 5.74) is 2.89. The summed E-state index contributed by atoms with van der Waals surface area (Å²) < 4.78 is 1.03. The number of hydrogen-bond donors (Lipinski definition) is 1. The summed E-state index contributed by atoms with van der Waals surface area (Å²) in [4.78, 5) is 11.3. The van der Waals surface area contributed by atoms with Crippen LogP contribution in [0, 0.1) is 0 Å². The monoisotopic (exact) mass is 307 g/mol. The van der Waals surface area contributed by atoms with E-state index in [2.05, 4.69) is 30.9 Å². The van der Waals surface area contributed by atoms with Gasteiger partial charge in [0, 0.05) is 27.8 Å². The molecule has 84 valence electrons. The van der Waals surface area contributed by atoms with E-state index in [1.54, 1.807) is 6.20 Å². The van der Waals surface area contributed by atoms with Crippen molar-refractivity contribution in [1.29, 1.82) is 0 Å². The van der Waals surface area contributed by atoms with Crippen LogP contribution in [-0.2, 0) is 0 Å². The molecule has 0 saturated carbocycles. The van der Waals surface area contributed by atoms with E-state index in [1.807, 2.05) is 30.5 Å². The van der Waals surface area contributed by atoms with Gasteiger partial charge in [0.05, 0.1) is 11.2 Å². The van der Waals surface area contributed by atoms with Gasteiger partial charge in [-0.05, 0) is 39.7 Å². The molecule has 0 aliphatic rings. The van der Waals surface area contributed by atoms with Gasteiger partial charge in [0.1, 0.15) is 0 Å². The molecule has 3 rings (SSSR count). The second-order valence-electron chi connectivity index (χ2n) is 3.58. The van der Waals surface area contributed by atoms with Gasteiger partial charge in [-0.2, -0.15) is 0 Å². The maximum absolute atomic E-state index is 5.80. The van der Waals surface area contributed by atoms with Crippen LogP contribution in [0.3, 0.4) is 0 Å². The molecule has 17 heavy (non-hydrogen) atoms. The molecule has 0 bridgehead atoms. The number of fused-ring (bicyclic) bond motifs is 1. The Morgan fingerprint density at radius 1 is 1.24 bits per heavy atom. The predicted octanol–water partition coefficient (Wildman–Crippen LogP) is 4.04. The third-order valence-corrected chi connectivity index (χ3v) is 3.41. The van der Waals surface area contributed by atoms with E-state index >= 15 is 0 Å². The molecule has 1 N–H and O–H groups in total. The third-order valence-electron chi connectivity index (χ3n) is 2.57. The molecule has 2 heterocycles. The summed E-state index contributed by atoms with van der Waals surface area (Å²) in [5, 5.41) is 1.36. The van der Waals surface area contributed by atoms with Gasteiger partial charge in [0.2, 0.25) is 5.28 Å². The largest absolute Gasteiger partial charge is 0.360 e. The lowest BCUT2D eigenvalue weighted by Crippen LogP contribution is -1.85. The minimum atomic E-state index is 0.256. The second kappa shape index (κ2) is 4.13. The van der Waals surface area contributed by atoms with Gasteiger partial charge in [-0.3, -0.25) is 0 Å².